The van der Waals surface area contributed by atoms with Gasteiger partial charge in [0.2, 0.25) is 5.91 Å². The predicted octanol–water partition coefficient (Wildman–Crippen LogP) is -0.126. The first-order valence-corrected chi connectivity index (χ1v) is 7.85. The van der Waals surface area contributed by atoms with Crippen LogP contribution in [0.3, 0.4) is 0 Å². The number of nitrogen functional groups attached to an aromatic ring is 1. The monoisotopic (exact) mass is 337 g/mol. The number of nitrogens with one attached hydrogen (secondary N) is 2. The second kappa shape index (κ2) is 5.93. The van der Waals surface area contributed by atoms with Crippen molar-refractivity contribution in [2.24, 2.45) is 11.6 Å². The summed E-state index contributed by atoms with van der Waals surface area (Å²) in [7, 11) is -4.05. The first-order valence-electron chi connectivity index (χ1n) is 5.55. The quantitative estimate of drug-likeness (QED) is 0.305. The lowest BCUT2D eigenvalue weighted by Gasteiger charge is -2.23. The molecule has 0 atom stereocenters. The van der Waals surface area contributed by atoms with Crippen LogP contribution in [0.1, 0.15) is 20.3 Å². The van der Waals surface area contributed by atoms with Gasteiger partial charge in [-0.2, -0.15) is 0 Å². The maximum atomic E-state index is 12.2. The van der Waals surface area contributed by atoms with Crippen molar-refractivity contribution >= 4 is 38.0 Å². The van der Waals surface area contributed by atoms with E-state index in [-0.39, 0.29) is 15.6 Å². The molecule has 0 aliphatic rings. The molecule has 12 heteroatoms. The summed E-state index contributed by atoms with van der Waals surface area (Å²) in [5.41, 5.74) is 5.54. The molecule has 118 valence electrons. The SMILES string of the molecule is CC(C)(CC(N)=O)NS(=O)(=O)c1cc([N+](=O)[O-])c(NN)s1. The topological polar surface area (TPSA) is 170 Å². The first-order chi connectivity index (χ1) is 9.48. The van der Waals surface area contributed by atoms with E-state index in [9.17, 15) is 23.3 Å². The van der Waals surface area contributed by atoms with Crippen molar-refractivity contribution in [1.82, 2.24) is 4.72 Å². The Kier molecular flexibility index (Phi) is 4.88. The van der Waals surface area contributed by atoms with Gasteiger partial charge in [0.05, 0.1) is 4.92 Å². The standard InChI is InChI=1S/C9H15N5O5S2/c1-9(2,4-6(10)15)13-21(18,19)7-3-5(14(16)17)8(12-11)20-7/h3,12-13H,4,11H2,1-2H3,(H2,10,15). The average molecular weight is 337 g/mol. The van der Waals surface area contributed by atoms with Gasteiger partial charge >= 0.3 is 5.69 Å². The van der Waals surface area contributed by atoms with Crippen LogP contribution in [-0.2, 0) is 14.8 Å². The lowest BCUT2D eigenvalue weighted by atomic mass is 10.0. The van der Waals surface area contributed by atoms with Crippen molar-refractivity contribution < 1.29 is 18.1 Å². The van der Waals surface area contributed by atoms with E-state index in [1.807, 2.05) is 0 Å². The van der Waals surface area contributed by atoms with E-state index in [2.05, 4.69) is 10.1 Å². The van der Waals surface area contributed by atoms with Gasteiger partial charge in [-0.1, -0.05) is 11.3 Å². The number of nitro groups is 1. The van der Waals surface area contributed by atoms with E-state index < -0.39 is 32.1 Å². The zero-order chi connectivity index (χ0) is 16.4. The number of carbonyl (C=O) groups excluding carboxylic acids is 1. The highest BCUT2D eigenvalue weighted by Crippen LogP contribution is 2.36. The van der Waals surface area contributed by atoms with Crippen molar-refractivity contribution in [3.05, 3.63) is 16.2 Å². The van der Waals surface area contributed by atoms with Gasteiger partial charge < -0.3 is 11.2 Å². The number of amides is 1. The fraction of sp³-hybridized carbons (Fsp3) is 0.444. The minimum atomic E-state index is -4.05. The number of hydrogen-bond donors (Lipinski definition) is 4. The molecule has 0 unspecified atom stereocenters. The Hall–Kier alpha value is -1.76. The number of hydrazine groups is 1. The predicted molar refractivity (Wildman–Crippen MR) is 77.0 cm³/mol. The van der Waals surface area contributed by atoms with Crippen LogP contribution in [0, 0.1) is 10.1 Å². The normalized spacial score (nSPS) is 12.1. The molecule has 0 saturated carbocycles. The summed E-state index contributed by atoms with van der Waals surface area (Å²) in [6.45, 7) is 2.94. The molecule has 0 saturated heterocycles. The van der Waals surface area contributed by atoms with Gasteiger partial charge in [-0.15, -0.1) is 0 Å². The molecule has 1 amide bonds. The van der Waals surface area contributed by atoms with Crippen LogP contribution in [0.4, 0.5) is 10.7 Å². The lowest BCUT2D eigenvalue weighted by Crippen LogP contribution is -2.45. The van der Waals surface area contributed by atoms with Crippen molar-refractivity contribution in [3.8, 4) is 0 Å². The second-order valence-electron chi connectivity index (χ2n) is 4.81. The molecular formula is C9H15N5O5S2. The highest BCUT2D eigenvalue weighted by atomic mass is 32.2. The Morgan fingerprint density at radius 3 is 2.48 bits per heavy atom. The van der Waals surface area contributed by atoms with E-state index in [0.29, 0.717) is 11.3 Å². The molecule has 21 heavy (non-hydrogen) atoms. The van der Waals surface area contributed by atoms with E-state index in [0.717, 1.165) is 6.07 Å². The minimum absolute atomic E-state index is 0.0897. The number of nitrogens with zero attached hydrogens (tertiary/aromatic N) is 1. The van der Waals surface area contributed by atoms with Gasteiger partial charge in [-0.05, 0) is 13.8 Å². The third-order valence-corrected chi connectivity index (χ3v) is 5.54. The molecular weight excluding hydrogens is 322 g/mol. The molecule has 0 aliphatic carbocycles. The summed E-state index contributed by atoms with van der Waals surface area (Å²) in [5.74, 6) is 4.44. The van der Waals surface area contributed by atoms with Gasteiger partial charge in [-0.3, -0.25) is 14.9 Å². The third-order valence-electron chi connectivity index (χ3n) is 2.31. The molecule has 1 aromatic heterocycles. The fourth-order valence-corrected chi connectivity index (χ4v) is 4.27. The van der Waals surface area contributed by atoms with Gasteiger partial charge in [-0.25, -0.2) is 19.0 Å². The maximum Gasteiger partial charge on any atom is 0.306 e. The number of rotatable bonds is 7. The van der Waals surface area contributed by atoms with Crippen LogP contribution in [0.5, 0.6) is 0 Å². The smallest absolute Gasteiger partial charge is 0.306 e. The largest absolute Gasteiger partial charge is 0.370 e. The zero-order valence-corrected chi connectivity index (χ0v) is 12.9. The highest BCUT2D eigenvalue weighted by molar-refractivity contribution is 7.91. The third kappa shape index (κ3) is 4.35. The van der Waals surface area contributed by atoms with Crippen LogP contribution in [0.25, 0.3) is 0 Å². The highest BCUT2D eigenvalue weighted by Gasteiger charge is 2.31. The fourth-order valence-electron chi connectivity index (χ4n) is 1.62. The Labute approximate surface area is 124 Å². The van der Waals surface area contributed by atoms with Crippen LogP contribution >= 0.6 is 11.3 Å². The molecule has 0 spiro atoms. The van der Waals surface area contributed by atoms with Crippen LogP contribution in [0.15, 0.2) is 10.3 Å². The number of anilines is 1. The molecule has 0 radical (unpaired) electrons. The Morgan fingerprint density at radius 1 is 1.52 bits per heavy atom. The van der Waals surface area contributed by atoms with Crippen LogP contribution in [-0.4, -0.2) is 24.8 Å². The van der Waals surface area contributed by atoms with Crippen molar-refractivity contribution in [3.63, 3.8) is 0 Å². The van der Waals surface area contributed by atoms with Crippen LogP contribution in [0.2, 0.25) is 0 Å². The molecule has 6 N–H and O–H groups in total. The number of carbonyl (C=O) groups is 1. The summed E-state index contributed by atoms with van der Waals surface area (Å²) < 4.78 is 26.4. The molecule has 1 rings (SSSR count). The zero-order valence-electron chi connectivity index (χ0n) is 11.2. The summed E-state index contributed by atoms with van der Waals surface area (Å²) >= 11 is 0.610. The minimum Gasteiger partial charge on any atom is -0.370 e. The average Bonchev–Trinajstić information content (AvgIpc) is 2.69. The summed E-state index contributed by atoms with van der Waals surface area (Å²) in [6, 6.07) is 0.891. The van der Waals surface area contributed by atoms with Crippen molar-refractivity contribution in [2.75, 3.05) is 5.43 Å². The van der Waals surface area contributed by atoms with Crippen LogP contribution < -0.4 is 21.7 Å². The molecule has 0 bridgehead atoms. The number of hydrogen-bond acceptors (Lipinski definition) is 8. The number of thiophene rings is 1. The molecule has 1 aromatic rings. The molecule has 10 nitrogen and oxygen atoms in total. The second-order valence-corrected chi connectivity index (χ2v) is 7.78. The van der Waals surface area contributed by atoms with Gasteiger partial charge in [0.25, 0.3) is 10.0 Å². The summed E-state index contributed by atoms with van der Waals surface area (Å²) in [5, 5.41) is 10.7. The van der Waals surface area contributed by atoms with Gasteiger partial charge in [0.15, 0.2) is 5.00 Å². The van der Waals surface area contributed by atoms with E-state index in [4.69, 9.17) is 11.6 Å². The lowest BCUT2D eigenvalue weighted by molar-refractivity contribution is -0.383. The maximum absolute atomic E-state index is 12.2. The Bertz CT molecular complexity index is 666. The number of primary amides is 1. The molecule has 0 fully saturated rings. The van der Waals surface area contributed by atoms with Gasteiger partial charge in [0.1, 0.15) is 4.21 Å². The number of sulfonamides is 1. The molecule has 0 aromatic carbocycles. The molecule has 1 heterocycles. The van der Waals surface area contributed by atoms with E-state index in [1.54, 1.807) is 0 Å². The summed E-state index contributed by atoms with van der Waals surface area (Å²) in [6.07, 6.45) is -0.221. The van der Waals surface area contributed by atoms with Gasteiger partial charge in [0, 0.05) is 18.0 Å². The molecule has 0 aliphatic heterocycles. The van der Waals surface area contributed by atoms with Crippen molar-refractivity contribution in [2.45, 2.75) is 30.0 Å². The Morgan fingerprint density at radius 2 is 2.10 bits per heavy atom. The van der Waals surface area contributed by atoms with E-state index in [1.165, 1.54) is 13.8 Å². The first kappa shape index (κ1) is 17.3. The number of nitrogens with two attached hydrogens (primary N) is 2. The van der Waals surface area contributed by atoms with Crippen molar-refractivity contribution in [1.29, 1.82) is 0 Å². The summed E-state index contributed by atoms with van der Waals surface area (Å²) in [4.78, 5) is 20.9. The van der Waals surface area contributed by atoms with E-state index >= 15 is 0 Å². The Balaban J connectivity index is 3.14.